The number of rotatable bonds is 9. The molecule has 0 unspecified atom stereocenters. The molecule has 158 valence electrons. The van der Waals surface area contributed by atoms with E-state index in [0.29, 0.717) is 5.56 Å². The van der Waals surface area contributed by atoms with Crippen LogP contribution in [0, 0.1) is 0 Å². The summed E-state index contributed by atoms with van der Waals surface area (Å²) >= 11 is 0. The van der Waals surface area contributed by atoms with Crippen molar-refractivity contribution in [3.8, 4) is 0 Å². The fourth-order valence-electron chi connectivity index (χ4n) is 2.74. The number of Topliss-reactive ketones (excluding diaryl/α,β-unsaturated/α-hetero) is 1. The van der Waals surface area contributed by atoms with Crippen molar-refractivity contribution in [2.24, 2.45) is 0 Å². The molecule has 0 radical (unpaired) electrons. The fraction of sp³-hybridized carbons (Fsp3) is 0.667. The van der Waals surface area contributed by atoms with Crippen LogP contribution in [0.4, 0.5) is 0 Å². The highest BCUT2D eigenvalue weighted by Gasteiger charge is 2.49. The first-order valence-corrected chi connectivity index (χ1v) is 10.6. The topological polar surface area (TPSA) is 115 Å². The van der Waals surface area contributed by atoms with E-state index in [0.717, 1.165) is 0 Å². The van der Waals surface area contributed by atoms with Gasteiger partial charge in [-0.05, 0) is 40.7 Å². The van der Waals surface area contributed by atoms with Crippen LogP contribution in [0.5, 0.6) is 0 Å². The number of hydrogen-bond donors (Lipinski definition) is 2. The molecule has 10 heteroatoms. The maximum Gasteiger partial charge on any atom is 0.475 e. The number of phosphoric acid groups is 1. The number of carbonyl (C=O) groups excluding carboxylic acids is 1. The predicted octanol–water partition coefficient (Wildman–Crippen LogP) is 1.77. The van der Waals surface area contributed by atoms with E-state index in [4.69, 9.17) is 18.3 Å². The Morgan fingerprint density at radius 1 is 1.21 bits per heavy atom. The number of hydrogen-bond acceptors (Lipinski definition) is 8. The summed E-state index contributed by atoms with van der Waals surface area (Å²) in [5.41, 5.74) is 0.438. The van der Waals surface area contributed by atoms with Crippen molar-refractivity contribution in [1.29, 1.82) is 0 Å². The molecule has 4 atom stereocenters. The normalized spacial score (nSPS) is 25.6. The average molecular weight is 418 g/mol. The van der Waals surface area contributed by atoms with Crippen molar-refractivity contribution < 1.29 is 42.4 Å². The number of carbonyl (C=O) groups is 1. The minimum absolute atomic E-state index is 0.139. The lowest BCUT2D eigenvalue weighted by atomic mass is 10.1. The monoisotopic (exact) mass is 418 g/mol. The number of nitrogens with zero attached hydrogens (tertiary/aromatic N) is 1. The second-order valence-corrected chi connectivity index (χ2v) is 8.77. The van der Waals surface area contributed by atoms with Crippen LogP contribution in [0.25, 0.3) is 0 Å². The summed E-state index contributed by atoms with van der Waals surface area (Å²) in [6.45, 7) is 7.90. The largest absolute Gasteiger partial charge is 0.475 e. The second kappa shape index (κ2) is 9.54. The van der Waals surface area contributed by atoms with E-state index in [1.807, 2.05) is 0 Å². The van der Waals surface area contributed by atoms with Crippen molar-refractivity contribution in [2.75, 3.05) is 6.61 Å². The van der Waals surface area contributed by atoms with E-state index in [9.17, 15) is 19.6 Å². The Hall–Kier alpha value is -1.19. The summed E-state index contributed by atoms with van der Waals surface area (Å²) in [5.74, 6) is -0.139. The molecule has 0 spiro atoms. The molecule has 1 fully saturated rings. The number of aliphatic hydroxyl groups is 2. The Kier molecular flexibility index (Phi) is 7.87. The highest BCUT2D eigenvalue weighted by Crippen LogP contribution is 2.52. The SMILES string of the molecule is CC(=O)c1ccc[n+]([C@@H]2O[C@H](COP(=O)(OC(C)C)OC(C)C)[C@@H](O)[C@H]2O)c1. The van der Waals surface area contributed by atoms with Gasteiger partial charge in [-0.15, -0.1) is 0 Å². The van der Waals surface area contributed by atoms with Crippen LogP contribution in [0.3, 0.4) is 0 Å². The van der Waals surface area contributed by atoms with Crippen LogP contribution in [0.1, 0.15) is 51.2 Å². The summed E-state index contributed by atoms with van der Waals surface area (Å²) in [6.07, 6.45) is -2.11. The van der Waals surface area contributed by atoms with Crippen LogP contribution < -0.4 is 4.57 Å². The van der Waals surface area contributed by atoms with E-state index >= 15 is 0 Å². The Balaban J connectivity index is 2.10. The molecular weight excluding hydrogens is 389 g/mol. The van der Waals surface area contributed by atoms with Gasteiger partial charge in [-0.2, -0.15) is 4.57 Å². The molecule has 0 aliphatic carbocycles. The first kappa shape index (κ1) is 23.1. The zero-order chi connectivity index (χ0) is 21.1. The molecule has 1 aromatic rings. The number of phosphoric ester groups is 1. The van der Waals surface area contributed by atoms with E-state index in [2.05, 4.69) is 0 Å². The van der Waals surface area contributed by atoms with Crippen LogP contribution >= 0.6 is 7.82 Å². The van der Waals surface area contributed by atoms with E-state index < -0.39 is 44.6 Å². The number of ketones is 1. The molecule has 2 rings (SSSR count). The molecule has 28 heavy (non-hydrogen) atoms. The Morgan fingerprint density at radius 3 is 2.36 bits per heavy atom. The maximum atomic E-state index is 12.7. The zero-order valence-corrected chi connectivity index (χ0v) is 17.6. The predicted molar refractivity (Wildman–Crippen MR) is 98.6 cm³/mol. The molecule has 1 saturated heterocycles. The summed E-state index contributed by atoms with van der Waals surface area (Å²) in [6, 6.07) is 3.28. The summed E-state index contributed by atoms with van der Waals surface area (Å²) < 4.78 is 35.9. The standard InChI is InChI=1S/C18H29NO8P/c1-11(2)26-28(23,27-12(3)4)24-10-15-16(21)17(22)18(25-15)19-8-6-7-14(9-19)13(5)20/h6-9,11-12,15-18,21-22H,10H2,1-5H3/q+1/t15-,16-,17-,18-/m1/s1. The molecule has 2 N–H and O–H groups in total. The summed E-state index contributed by atoms with van der Waals surface area (Å²) in [5, 5.41) is 20.7. The molecule has 0 bridgehead atoms. The second-order valence-electron chi connectivity index (χ2n) is 7.19. The maximum absolute atomic E-state index is 12.7. The van der Waals surface area contributed by atoms with Gasteiger partial charge in [-0.25, -0.2) is 4.57 Å². The number of aromatic nitrogens is 1. The number of pyridine rings is 1. The Bertz CT molecular complexity index is 711. The first-order valence-electron chi connectivity index (χ1n) is 9.17. The van der Waals surface area contributed by atoms with Crippen molar-refractivity contribution in [1.82, 2.24) is 0 Å². The van der Waals surface area contributed by atoms with E-state index in [1.165, 1.54) is 17.7 Å². The summed E-state index contributed by atoms with van der Waals surface area (Å²) in [4.78, 5) is 11.6. The zero-order valence-electron chi connectivity index (χ0n) is 16.7. The Morgan fingerprint density at radius 2 is 1.82 bits per heavy atom. The van der Waals surface area contributed by atoms with E-state index in [-0.39, 0.29) is 12.4 Å². The van der Waals surface area contributed by atoms with Crippen LogP contribution in [0.2, 0.25) is 0 Å². The lowest BCUT2D eigenvalue weighted by molar-refractivity contribution is -0.765. The molecule has 1 aromatic heterocycles. The van der Waals surface area contributed by atoms with Crippen molar-refractivity contribution >= 4 is 13.6 Å². The minimum Gasteiger partial charge on any atom is -0.387 e. The fourth-order valence-corrected chi connectivity index (χ4v) is 4.27. The molecule has 1 aliphatic heterocycles. The highest BCUT2D eigenvalue weighted by molar-refractivity contribution is 7.48. The van der Waals surface area contributed by atoms with Crippen molar-refractivity contribution in [3.05, 3.63) is 30.1 Å². The number of ether oxygens (including phenoxy) is 1. The molecule has 0 amide bonds. The molecular formula is C18H29NO8P+. The van der Waals surface area contributed by atoms with Gasteiger partial charge in [-0.3, -0.25) is 18.4 Å². The quantitative estimate of drug-likeness (QED) is 0.354. The van der Waals surface area contributed by atoms with Crippen molar-refractivity contribution in [2.45, 2.75) is 71.4 Å². The minimum atomic E-state index is -3.87. The lowest BCUT2D eigenvalue weighted by Crippen LogP contribution is -2.46. The molecule has 2 heterocycles. The van der Waals surface area contributed by atoms with Crippen LogP contribution in [-0.2, 0) is 22.9 Å². The van der Waals surface area contributed by atoms with Gasteiger partial charge in [0.25, 0.3) is 6.23 Å². The molecule has 0 saturated carbocycles. The van der Waals surface area contributed by atoms with Gasteiger partial charge in [0.05, 0.1) is 24.4 Å². The first-order chi connectivity index (χ1) is 13.0. The van der Waals surface area contributed by atoms with Gasteiger partial charge >= 0.3 is 7.82 Å². The van der Waals surface area contributed by atoms with Gasteiger partial charge in [0, 0.05) is 6.07 Å². The van der Waals surface area contributed by atoms with Gasteiger partial charge < -0.3 is 14.9 Å². The van der Waals surface area contributed by atoms with E-state index in [1.54, 1.807) is 46.0 Å². The third-order valence-electron chi connectivity index (χ3n) is 3.94. The molecule has 1 aliphatic rings. The molecule has 0 aromatic carbocycles. The van der Waals surface area contributed by atoms with Crippen molar-refractivity contribution in [3.63, 3.8) is 0 Å². The van der Waals surface area contributed by atoms with Crippen LogP contribution in [-0.4, -0.2) is 53.1 Å². The van der Waals surface area contributed by atoms with Gasteiger partial charge in [0.15, 0.2) is 24.3 Å². The average Bonchev–Trinajstić information content (AvgIpc) is 2.87. The van der Waals surface area contributed by atoms with Gasteiger partial charge in [-0.1, -0.05) is 0 Å². The van der Waals surface area contributed by atoms with Gasteiger partial charge in [0.2, 0.25) is 0 Å². The molecule has 9 nitrogen and oxygen atoms in total. The summed E-state index contributed by atoms with van der Waals surface area (Å²) in [7, 11) is -3.87. The smallest absolute Gasteiger partial charge is 0.387 e. The van der Waals surface area contributed by atoms with Gasteiger partial charge in [0.1, 0.15) is 12.2 Å². The highest BCUT2D eigenvalue weighted by atomic mass is 31.2. The Labute approximate surface area is 164 Å². The third-order valence-corrected chi connectivity index (χ3v) is 5.76. The third kappa shape index (κ3) is 5.90. The van der Waals surface area contributed by atoms with Crippen LogP contribution in [0.15, 0.2) is 24.5 Å². The number of aliphatic hydroxyl groups excluding tert-OH is 2. The lowest BCUT2D eigenvalue weighted by Gasteiger charge is -2.23.